The maximum absolute atomic E-state index is 12.9. The normalized spacial score (nSPS) is 12.0. The second-order valence-electron chi connectivity index (χ2n) is 8.70. The van der Waals surface area contributed by atoms with Gasteiger partial charge in [-0.2, -0.15) is 0 Å². The minimum atomic E-state index is -4.87. The Morgan fingerprint density at radius 1 is 0.895 bits per heavy atom. The lowest BCUT2D eigenvalue weighted by atomic mass is 10.1. The average Bonchev–Trinajstić information content (AvgIpc) is 3.23. The van der Waals surface area contributed by atoms with Gasteiger partial charge in [-0.15, -0.1) is 13.2 Å². The van der Waals surface area contributed by atoms with E-state index in [1.54, 1.807) is 18.2 Å². The summed E-state index contributed by atoms with van der Waals surface area (Å²) >= 11 is 0. The van der Waals surface area contributed by atoms with Crippen molar-refractivity contribution in [3.8, 4) is 17.1 Å². The summed E-state index contributed by atoms with van der Waals surface area (Å²) in [4.78, 5) is 4.61. The molecular weight excluding hydrogens is 515 g/mol. The van der Waals surface area contributed by atoms with Gasteiger partial charge in [-0.3, -0.25) is 4.72 Å². The van der Waals surface area contributed by atoms with Crippen molar-refractivity contribution in [3.63, 3.8) is 0 Å². The molecule has 0 fully saturated rings. The zero-order valence-corrected chi connectivity index (χ0v) is 20.9. The summed E-state index contributed by atoms with van der Waals surface area (Å²) in [7, 11) is -4.07. The smallest absolute Gasteiger partial charge is 0.406 e. The minimum Gasteiger partial charge on any atom is -0.406 e. The summed E-state index contributed by atoms with van der Waals surface area (Å²) in [6.07, 6.45) is -4.87. The van der Waals surface area contributed by atoms with E-state index in [4.69, 9.17) is 4.98 Å². The summed E-state index contributed by atoms with van der Waals surface area (Å²) in [6.45, 7) is 2.59. The predicted molar refractivity (Wildman–Crippen MR) is 139 cm³/mol. The van der Waals surface area contributed by atoms with E-state index >= 15 is 0 Å². The number of nitrogens with zero attached hydrogens (tertiary/aromatic N) is 2. The highest BCUT2D eigenvalue weighted by Crippen LogP contribution is 2.29. The van der Waals surface area contributed by atoms with Crippen LogP contribution in [-0.2, 0) is 16.6 Å². The molecule has 0 bridgehead atoms. The molecule has 0 unspecified atom stereocenters. The van der Waals surface area contributed by atoms with Crippen LogP contribution < -0.4 is 9.46 Å². The van der Waals surface area contributed by atoms with Gasteiger partial charge in [0.1, 0.15) is 11.6 Å². The third-order valence-electron chi connectivity index (χ3n) is 5.86. The van der Waals surface area contributed by atoms with Gasteiger partial charge < -0.3 is 9.30 Å². The van der Waals surface area contributed by atoms with Gasteiger partial charge in [-0.1, -0.05) is 54.1 Å². The Morgan fingerprint density at radius 3 is 2.32 bits per heavy atom. The molecule has 0 saturated heterocycles. The Hall–Kier alpha value is -4.31. The fourth-order valence-electron chi connectivity index (χ4n) is 4.09. The Bertz CT molecular complexity index is 1700. The first kappa shape index (κ1) is 25.3. The van der Waals surface area contributed by atoms with Crippen LogP contribution in [0.1, 0.15) is 11.1 Å². The van der Waals surface area contributed by atoms with Gasteiger partial charge in [-0.05, 0) is 61.0 Å². The molecule has 0 spiro atoms. The van der Waals surface area contributed by atoms with Crippen molar-refractivity contribution in [2.45, 2.75) is 24.7 Å². The Morgan fingerprint density at radius 2 is 1.61 bits per heavy atom. The number of sulfonamides is 1. The van der Waals surface area contributed by atoms with Crippen LogP contribution >= 0.6 is 0 Å². The molecule has 4 aromatic carbocycles. The standard InChI is InChI=1S/C28H22F3N3O3S/c1-19-9-11-20(12-10-19)18-34-26-8-3-2-7-25(26)32-27(34)21-5-4-6-22(17-21)33-38(35,36)24-15-13-23(14-16-24)37-28(29,30)31/h2-17,33H,18H2,1H3. The van der Waals surface area contributed by atoms with Crippen LogP contribution in [-0.4, -0.2) is 24.3 Å². The number of halogens is 3. The number of hydrogen-bond donors (Lipinski definition) is 1. The van der Waals surface area contributed by atoms with E-state index in [0.29, 0.717) is 17.9 Å². The van der Waals surface area contributed by atoms with E-state index in [-0.39, 0.29) is 10.6 Å². The van der Waals surface area contributed by atoms with Crippen LogP contribution in [0, 0.1) is 6.92 Å². The zero-order valence-electron chi connectivity index (χ0n) is 20.1. The number of anilines is 1. The lowest BCUT2D eigenvalue weighted by molar-refractivity contribution is -0.274. The molecule has 6 nitrogen and oxygen atoms in total. The largest absolute Gasteiger partial charge is 0.573 e. The van der Waals surface area contributed by atoms with E-state index in [1.165, 1.54) is 0 Å². The third kappa shape index (κ3) is 5.65. The zero-order chi connectivity index (χ0) is 26.9. The molecule has 0 aliphatic rings. The molecule has 5 aromatic rings. The SMILES string of the molecule is Cc1ccc(Cn2c(-c3cccc(NS(=O)(=O)c4ccc(OC(F)(F)F)cc4)c3)nc3ccccc32)cc1. The number of alkyl halides is 3. The molecule has 1 heterocycles. The van der Waals surface area contributed by atoms with E-state index in [1.807, 2.05) is 49.4 Å². The van der Waals surface area contributed by atoms with Crippen LogP contribution in [0.3, 0.4) is 0 Å². The molecule has 5 rings (SSSR count). The first-order valence-corrected chi connectivity index (χ1v) is 13.1. The van der Waals surface area contributed by atoms with E-state index in [2.05, 4.69) is 26.2 Å². The number of fused-ring (bicyclic) bond motifs is 1. The molecular formula is C28H22F3N3O3S. The van der Waals surface area contributed by atoms with Crippen LogP contribution in [0.4, 0.5) is 18.9 Å². The maximum Gasteiger partial charge on any atom is 0.573 e. The minimum absolute atomic E-state index is 0.205. The van der Waals surface area contributed by atoms with Gasteiger partial charge in [0.25, 0.3) is 10.0 Å². The number of rotatable bonds is 7. The third-order valence-corrected chi connectivity index (χ3v) is 7.25. The summed E-state index contributed by atoms with van der Waals surface area (Å²) in [5.41, 5.74) is 4.98. The van der Waals surface area contributed by atoms with Crippen molar-refractivity contribution in [2.75, 3.05) is 4.72 Å². The van der Waals surface area contributed by atoms with Crippen LogP contribution in [0.5, 0.6) is 5.75 Å². The molecule has 0 radical (unpaired) electrons. The van der Waals surface area contributed by atoms with Crippen molar-refractivity contribution >= 4 is 26.7 Å². The van der Waals surface area contributed by atoms with E-state index in [0.717, 1.165) is 46.4 Å². The van der Waals surface area contributed by atoms with E-state index in [9.17, 15) is 21.6 Å². The fourth-order valence-corrected chi connectivity index (χ4v) is 5.14. The Kier molecular flexibility index (Phi) is 6.58. The monoisotopic (exact) mass is 537 g/mol. The first-order chi connectivity index (χ1) is 18.1. The van der Waals surface area contributed by atoms with E-state index < -0.39 is 22.1 Å². The van der Waals surface area contributed by atoms with Crippen molar-refractivity contribution in [1.82, 2.24) is 9.55 Å². The number of imidazole rings is 1. The number of benzene rings is 4. The van der Waals surface area contributed by atoms with Crippen molar-refractivity contribution in [3.05, 3.63) is 108 Å². The predicted octanol–water partition coefficient (Wildman–Crippen LogP) is 6.76. The Balaban J connectivity index is 1.46. The van der Waals surface area contributed by atoms with Crippen molar-refractivity contribution in [1.29, 1.82) is 0 Å². The molecule has 194 valence electrons. The number of aromatic nitrogens is 2. The molecule has 0 amide bonds. The summed E-state index contributed by atoms with van der Waals surface area (Å²) in [5.74, 6) is 0.160. The second-order valence-corrected chi connectivity index (χ2v) is 10.4. The van der Waals surface area contributed by atoms with Gasteiger partial charge in [0.15, 0.2) is 0 Å². The Labute approximate surface area is 217 Å². The molecule has 1 aromatic heterocycles. The number of hydrogen-bond acceptors (Lipinski definition) is 4. The highest BCUT2D eigenvalue weighted by Gasteiger charge is 2.31. The summed E-state index contributed by atoms with van der Waals surface area (Å²) in [6, 6.07) is 26.8. The lowest BCUT2D eigenvalue weighted by Crippen LogP contribution is -2.17. The van der Waals surface area contributed by atoms with Crippen molar-refractivity contribution < 1.29 is 26.3 Å². The lowest BCUT2D eigenvalue weighted by Gasteiger charge is -2.13. The number of para-hydroxylation sites is 2. The molecule has 0 saturated carbocycles. The molecule has 0 atom stereocenters. The molecule has 0 aliphatic carbocycles. The van der Waals surface area contributed by atoms with Crippen LogP contribution in [0.25, 0.3) is 22.4 Å². The van der Waals surface area contributed by atoms with Crippen molar-refractivity contribution in [2.24, 2.45) is 0 Å². The summed E-state index contributed by atoms with van der Waals surface area (Å²) in [5, 5.41) is 0. The fraction of sp³-hybridized carbons (Fsp3) is 0.107. The molecule has 38 heavy (non-hydrogen) atoms. The van der Waals surface area contributed by atoms with Gasteiger partial charge in [-0.25, -0.2) is 13.4 Å². The average molecular weight is 538 g/mol. The highest BCUT2D eigenvalue weighted by atomic mass is 32.2. The number of nitrogens with one attached hydrogen (secondary N) is 1. The highest BCUT2D eigenvalue weighted by molar-refractivity contribution is 7.92. The first-order valence-electron chi connectivity index (χ1n) is 11.6. The van der Waals surface area contributed by atoms with Crippen LogP contribution in [0.2, 0.25) is 0 Å². The van der Waals surface area contributed by atoms with Gasteiger partial charge in [0.2, 0.25) is 0 Å². The molecule has 10 heteroatoms. The quantitative estimate of drug-likeness (QED) is 0.249. The van der Waals surface area contributed by atoms with Gasteiger partial charge in [0, 0.05) is 17.8 Å². The number of ether oxygens (including phenoxy) is 1. The van der Waals surface area contributed by atoms with Gasteiger partial charge in [0.05, 0.1) is 15.9 Å². The number of aryl methyl sites for hydroxylation is 1. The maximum atomic E-state index is 12.9. The van der Waals surface area contributed by atoms with Crippen LogP contribution in [0.15, 0.2) is 102 Å². The topological polar surface area (TPSA) is 73.2 Å². The second kappa shape index (κ2) is 9.86. The molecule has 1 N–H and O–H groups in total. The molecule has 0 aliphatic heterocycles. The van der Waals surface area contributed by atoms with Gasteiger partial charge >= 0.3 is 6.36 Å². The summed E-state index contributed by atoms with van der Waals surface area (Å²) < 4.78 is 71.5.